The van der Waals surface area contributed by atoms with Gasteiger partial charge in [0.15, 0.2) is 0 Å². The van der Waals surface area contributed by atoms with Crippen LogP contribution in [0.15, 0.2) is 24.3 Å². The lowest BCUT2D eigenvalue weighted by atomic mass is 10.1. The number of urea groups is 1. The minimum Gasteiger partial charge on any atom is -0.389 e. The average molecular weight is 308 g/mol. The van der Waals surface area contributed by atoms with Crippen LogP contribution in [0.1, 0.15) is 38.9 Å². The van der Waals surface area contributed by atoms with E-state index < -0.39 is 6.10 Å². The lowest BCUT2D eigenvalue weighted by molar-refractivity contribution is 0.199. The van der Waals surface area contributed by atoms with E-state index in [1.165, 1.54) is 0 Å². The van der Waals surface area contributed by atoms with Crippen molar-refractivity contribution >= 4 is 23.5 Å². The Morgan fingerprint density at radius 3 is 2.62 bits per heavy atom. The third-order valence-corrected chi connectivity index (χ3v) is 5.14. The molecule has 1 atom stereocenters. The van der Waals surface area contributed by atoms with Gasteiger partial charge in [-0.1, -0.05) is 26.0 Å². The number of anilines is 1. The van der Waals surface area contributed by atoms with Gasteiger partial charge in [0, 0.05) is 29.3 Å². The van der Waals surface area contributed by atoms with Crippen molar-refractivity contribution in [3.05, 3.63) is 29.8 Å². The van der Waals surface area contributed by atoms with Crippen molar-refractivity contribution in [3.8, 4) is 0 Å². The van der Waals surface area contributed by atoms with Crippen molar-refractivity contribution in [2.75, 3.05) is 24.2 Å². The third-order valence-electron chi connectivity index (χ3n) is 3.77. The Morgan fingerprint density at radius 1 is 1.33 bits per heavy atom. The number of hydrogen-bond donors (Lipinski definition) is 2. The minimum absolute atomic E-state index is 0.0434. The number of rotatable bonds is 2. The van der Waals surface area contributed by atoms with E-state index in [1.807, 2.05) is 40.9 Å². The molecule has 4 nitrogen and oxygen atoms in total. The summed E-state index contributed by atoms with van der Waals surface area (Å²) < 4.78 is 0.244. The number of benzene rings is 1. The molecule has 2 N–H and O–H groups in total. The molecule has 1 aromatic rings. The molecule has 1 aromatic carbocycles. The summed E-state index contributed by atoms with van der Waals surface area (Å²) in [4.78, 5) is 14.2. The fraction of sp³-hybridized carbons (Fsp3) is 0.562. The van der Waals surface area contributed by atoms with Gasteiger partial charge in [-0.15, -0.1) is 0 Å². The molecule has 2 amide bonds. The zero-order valence-electron chi connectivity index (χ0n) is 12.9. The molecule has 1 aliphatic rings. The molecule has 1 fully saturated rings. The molecule has 0 saturated carbocycles. The lowest BCUT2D eigenvalue weighted by Crippen LogP contribution is -2.37. The van der Waals surface area contributed by atoms with Crippen LogP contribution in [-0.4, -0.2) is 39.6 Å². The predicted octanol–water partition coefficient (Wildman–Crippen LogP) is 3.49. The molecule has 0 aromatic heterocycles. The van der Waals surface area contributed by atoms with E-state index in [9.17, 15) is 9.90 Å². The molecule has 5 heteroatoms. The predicted molar refractivity (Wildman–Crippen MR) is 88.8 cm³/mol. The van der Waals surface area contributed by atoms with Crippen molar-refractivity contribution < 1.29 is 9.90 Å². The summed E-state index contributed by atoms with van der Waals surface area (Å²) in [7, 11) is 0. The molecule has 0 radical (unpaired) electrons. The van der Waals surface area contributed by atoms with Gasteiger partial charge in [0.05, 0.1) is 6.10 Å². The summed E-state index contributed by atoms with van der Waals surface area (Å²) in [5.74, 6) is 0.974. The van der Waals surface area contributed by atoms with E-state index in [4.69, 9.17) is 0 Å². The third kappa shape index (κ3) is 4.64. The Labute approximate surface area is 130 Å². The molecule has 1 aliphatic heterocycles. The van der Waals surface area contributed by atoms with Crippen LogP contribution in [0.2, 0.25) is 0 Å². The van der Waals surface area contributed by atoms with Gasteiger partial charge in [-0.05, 0) is 31.0 Å². The van der Waals surface area contributed by atoms with E-state index in [1.54, 1.807) is 6.92 Å². The SMILES string of the molecule is CC(O)c1ccc(NC(=O)N2CCSC(C)(C)CC2)cc1. The highest BCUT2D eigenvalue weighted by atomic mass is 32.2. The van der Waals surface area contributed by atoms with Crippen molar-refractivity contribution in [1.82, 2.24) is 4.90 Å². The van der Waals surface area contributed by atoms with Crippen LogP contribution < -0.4 is 5.32 Å². The number of amides is 2. The van der Waals surface area contributed by atoms with E-state index >= 15 is 0 Å². The topological polar surface area (TPSA) is 52.6 Å². The molecule has 1 saturated heterocycles. The van der Waals surface area contributed by atoms with Crippen LogP contribution >= 0.6 is 11.8 Å². The largest absolute Gasteiger partial charge is 0.389 e. The molecule has 0 aliphatic carbocycles. The number of hydrogen-bond acceptors (Lipinski definition) is 3. The zero-order chi connectivity index (χ0) is 15.5. The number of nitrogens with zero attached hydrogens (tertiary/aromatic N) is 1. The van der Waals surface area contributed by atoms with Crippen LogP contribution in [0, 0.1) is 0 Å². The molecule has 21 heavy (non-hydrogen) atoms. The van der Waals surface area contributed by atoms with E-state index in [2.05, 4.69) is 19.2 Å². The van der Waals surface area contributed by atoms with Gasteiger partial charge < -0.3 is 15.3 Å². The number of nitrogens with one attached hydrogen (secondary N) is 1. The summed E-state index contributed by atoms with van der Waals surface area (Å²) >= 11 is 1.92. The van der Waals surface area contributed by atoms with E-state index in [-0.39, 0.29) is 10.8 Å². The maximum absolute atomic E-state index is 12.3. The van der Waals surface area contributed by atoms with Crippen molar-refractivity contribution in [1.29, 1.82) is 0 Å². The Morgan fingerprint density at radius 2 is 2.00 bits per heavy atom. The standard InChI is InChI=1S/C16H24N2O2S/c1-12(19)13-4-6-14(7-5-13)17-15(20)18-9-8-16(2,3)21-11-10-18/h4-7,12,19H,8-11H2,1-3H3,(H,17,20). The molecule has 0 bridgehead atoms. The van der Waals surface area contributed by atoms with Gasteiger partial charge >= 0.3 is 6.03 Å². The first-order valence-electron chi connectivity index (χ1n) is 7.35. The fourth-order valence-electron chi connectivity index (χ4n) is 2.27. The van der Waals surface area contributed by atoms with Crippen LogP contribution in [-0.2, 0) is 0 Å². The normalized spacial score (nSPS) is 19.7. The van der Waals surface area contributed by atoms with Gasteiger partial charge in [-0.2, -0.15) is 11.8 Å². The van der Waals surface area contributed by atoms with Gasteiger partial charge in [0.2, 0.25) is 0 Å². The smallest absolute Gasteiger partial charge is 0.321 e. The number of thioether (sulfide) groups is 1. The lowest BCUT2D eigenvalue weighted by Gasteiger charge is -2.23. The number of aliphatic hydroxyl groups is 1. The summed E-state index contributed by atoms with van der Waals surface area (Å²) in [5.41, 5.74) is 1.61. The highest BCUT2D eigenvalue weighted by Crippen LogP contribution is 2.30. The molecular weight excluding hydrogens is 284 g/mol. The monoisotopic (exact) mass is 308 g/mol. The van der Waals surface area contributed by atoms with Gasteiger partial charge in [-0.25, -0.2) is 4.79 Å². The molecular formula is C16H24N2O2S. The van der Waals surface area contributed by atoms with Gasteiger partial charge in [0.25, 0.3) is 0 Å². The Balaban J connectivity index is 1.94. The highest BCUT2D eigenvalue weighted by molar-refractivity contribution is 8.00. The van der Waals surface area contributed by atoms with Crippen molar-refractivity contribution in [2.45, 2.75) is 38.0 Å². The number of carbonyl (C=O) groups excluding carboxylic acids is 1. The quantitative estimate of drug-likeness (QED) is 0.879. The second kappa shape index (κ2) is 6.71. The zero-order valence-corrected chi connectivity index (χ0v) is 13.7. The first kappa shape index (κ1) is 16.2. The first-order chi connectivity index (χ1) is 9.87. The second-order valence-corrected chi connectivity index (χ2v) is 7.88. The van der Waals surface area contributed by atoms with Crippen LogP contribution in [0.4, 0.5) is 10.5 Å². The number of aliphatic hydroxyl groups excluding tert-OH is 1. The van der Waals surface area contributed by atoms with Gasteiger partial charge in [0.1, 0.15) is 0 Å². The molecule has 2 rings (SSSR count). The van der Waals surface area contributed by atoms with Crippen molar-refractivity contribution in [2.24, 2.45) is 0 Å². The fourth-order valence-corrected chi connectivity index (χ4v) is 3.37. The van der Waals surface area contributed by atoms with Crippen molar-refractivity contribution in [3.63, 3.8) is 0 Å². The Bertz CT molecular complexity index is 486. The summed E-state index contributed by atoms with van der Waals surface area (Å²) in [6, 6.07) is 7.29. The molecule has 116 valence electrons. The highest BCUT2D eigenvalue weighted by Gasteiger charge is 2.25. The number of carbonyl (C=O) groups is 1. The van der Waals surface area contributed by atoms with E-state index in [0.29, 0.717) is 0 Å². The first-order valence-corrected chi connectivity index (χ1v) is 8.34. The summed E-state index contributed by atoms with van der Waals surface area (Å²) in [5, 5.41) is 12.4. The van der Waals surface area contributed by atoms with E-state index in [0.717, 1.165) is 36.5 Å². The van der Waals surface area contributed by atoms with Crippen LogP contribution in [0.3, 0.4) is 0 Å². The molecule has 0 spiro atoms. The molecule has 1 unspecified atom stereocenters. The van der Waals surface area contributed by atoms with Crippen LogP contribution in [0.25, 0.3) is 0 Å². The Hall–Kier alpha value is -1.20. The summed E-state index contributed by atoms with van der Waals surface area (Å²) in [6.07, 6.45) is 0.520. The van der Waals surface area contributed by atoms with Gasteiger partial charge in [-0.3, -0.25) is 0 Å². The Kier molecular flexibility index (Phi) is 5.17. The molecule has 1 heterocycles. The second-order valence-electron chi connectivity index (χ2n) is 6.07. The maximum atomic E-state index is 12.3. The minimum atomic E-state index is -0.486. The summed E-state index contributed by atoms with van der Waals surface area (Å²) in [6.45, 7) is 7.76. The maximum Gasteiger partial charge on any atom is 0.321 e. The van der Waals surface area contributed by atoms with Crippen LogP contribution in [0.5, 0.6) is 0 Å². The average Bonchev–Trinajstić information content (AvgIpc) is 2.60.